The molecular formula is C55H68N12O14. The first-order valence-corrected chi connectivity index (χ1v) is 26.5. The molecule has 4 aromatic rings. The largest absolute Gasteiger partial charge is 0.480 e. The number of carboxylic acid groups (broad SMARTS) is 1. The van der Waals surface area contributed by atoms with Crippen LogP contribution in [0.25, 0.3) is 22.0 Å². The number of aromatic amines is 1. The molecule has 0 saturated carbocycles. The minimum absolute atomic E-state index is 0.0175. The van der Waals surface area contributed by atoms with Gasteiger partial charge in [-0.25, -0.2) is 4.79 Å². The zero-order chi connectivity index (χ0) is 58.8. The smallest absolute Gasteiger partial charge is 0.407 e. The van der Waals surface area contributed by atoms with E-state index in [9.17, 15) is 57.5 Å². The average molecular weight is 1120 g/mol. The van der Waals surface area contributed by atoms with E-state index >= 15 is 0 Å². The molecule has 11 amide bonds. The molecule has 1 fully saturated rings. The number of nitrogens with one attached hydrogen (secondary N) is 9. The highest BCUT2D eigenvalue weighted by Crippen LogP contribution is 2.44. The van der Waals surface area contributed by atoms with Crippen LogP contribution in [0.15, 0.2) is 79.0 Å². The second kappa shape index (κ2) is 29.0. The van der Waals surface area contributed by atoms with Crippen molar-refractivity contribution in [3.8, 4) is 11.1 Å². The van der Waals surface area contributed by atoms with Gasteiger partial charge >= 0.3 is 12.1 Å². The van der Waals surface area contributed by atoms with Gasteiger partial charge in [0.15, 0.2) is 0 Å². The Balaban J connectivity index is 1.04. The highest BCUT2D eigenvalue weighted by molar-refractivity contribution is 5.98. The molecule has 1 aliphatic heterocycles. The van der Waals surface area contributed by atoms with Crippen molar-refractivity contribution in [3.05, 3.63) is 95.7 Å². The molecule has 26 heteroatoms. The number of carboxylic acids is 1. The Morgan fingerprint density at radius 1 is 0.667 bits per heavy atom. The monoisotopic (exact) mass is 1120 g/mol. The van der Waals surface area contributed by atoms with Gasteiger partial charge in [-0.3, -0.25) is 52.7 Å². The standard InChI is InChI=1S/C55H68N12O14/c1-3-30(2)49(54(79)65-41(23-31-24-58-38-16-9-8-11-32(31)38)52(77)60-25-45(70)63-39(18-20-43(56)68)50(75)61-28-48(73)74)66-46(71)26-59-51(76)40(19-21-44(57)69)64-53(78)42-17-10-22-67(42)47(72)27-62-55(80)81-29-37-35-14-6-4-12-33(35)34-13-5-7-15-36(34)37/h4-9,11-16,24,30,37,39-42,49,58H,3,10,17-23,25-29H2,1-2H3,(H2,56,68)(H2,57,69)(H,59,76)(H,60,77)(H,61,75)(H,62,80)(H,63,70)(H,64,78)(H,65,79)(H,66,71)(H,73,74)/t30-,39-,40-,41-,42-,49-/m0/s1. The summed E-state index contributed by atoms with van der Waals surface area (Å²) in [4.78, 5) is 160. The fraction of sp³-hybridized carbons (Fsp3) is 0.418. The number of carbonyl (C=O) groups is 12. The van der Waals surface area contributed by atoms with Crippen molar-refractivity contribution >= 4 is 82.0 Å². The van der Waals surface area contributed by atoms with Gasteiger partial charge in [0.25, 0.3) is 0 Å². The Hall–Kier alpha value is -9.36. The van der Waals surface area contributed by atoms with Gasteiger partial charge in [-0.1, -0.05) is 87.0 Å². The number of hydrogen-bond donors (Lipinski definition) is 12. The number of fused-ring (bicyclic) bond motifs is 4. The molecule has 6 rings (SSSR count). The number of alkyl carbamates (subject to hydrolysis) is 1. The number of hydrogen-bond acceptors (Lipinski definition) is 13. The summed E-state index contributed by atoms with van der Waals surface area (Å²) in [5, 5.41) is 29.3. The van der Waals surface area contributed by atoms with E-state index in [1.165, 1.54) is 4.90 Å². The van der Waals surface area contributed by atoms with Crippen LogP contribution in [0.1, 0.15) is 81.4 Å². The second-order valence-corrected chi connectivity index (χ2v) is 19.7. The summed E-state index contributed by atoms with van der Waals surface area (Å²) in [7, 11) is 0. The number of para-hydroxylation sites is 1. The third kappa shape index (κ3) is 17.1. The summed E-state index contributed by atoms with van der Waals surface area (Å²) in [5.74, 6) is -10.3. The second-order valence-electron chi connectivity index (χ2n) is 19.7. The maximum absolute atomic E-state index is 14.2. The summed E-state index contributed by atoms with van der Waals surface area (Å²) in [6, 6.07) is 16.2. The van der Waals surface area contributed by atoms with E-state index in [-0.39, 0.29) is 57.6 Å². The number of nitrogens with zero attached hydrogens (tertiary/aromatic N) is 1. The van der Waals surface area contributed by atoms with Crippen LogP contribution < -0.4 is 54.0 Å². The third-order valence-electron chi connectivity index (χ3n) is 14.1. The number of primary amides is 2. The van der Waals surface area contributed by atoms with E-state index in [1.807, 2.05) is 48.5 Å². The van der Waals surface area contributed by atoms with E-state index in [0.29, 0.717) is 18.4 Å². The summed E-state index contributed by atoms with van der Waals surface area (Å²) >= 11 is 0. The van der Waals surface area contributed by atoms with E-state index < -0.39 is 133 Å². The van der Waals surface area contributed by atoms with E-state index in [1.54, 1.807) is 44.3 Å². The van der Waals surface area contributed by atoms with Crippen molar-refractivity contribution in [1.82, 2.24) is 52.4 Å². The van der Waals surface area contributed by atoms with Crippen molar-refractivity contribution in [2.75, 3.05) is 39.3 Å². The highest BCUT2D eigenvalue weighted by Gasteiger charge is 2.37. The van der Waals surface area contributed by atoms with E-state index in [4.69, 9.17) is 21.3 Å². The summed E-state index contributed by atoms with van der Waals surface area (Å²) in [6.07, 6.45) is 0.408. The van der Waals surface area contributed by atoms with Gasteiger partial charge in [0, 0.05) is 48.8 Å². The molecule has 81 heavy (non-hydrogen) atoms. The van der Waals surface area contributed by atoms with Crippen LogP contribution in [0.2, 0.25) is 0 Å². The first-order chi connectivity index (χ1) is 38.7. The fourth-order valence-electron chi connectivity index (χ4n) is 9.65. The van der Waals surface area contributed by atoms with E-state index in [0.717, 1.165) is 33.2 Å². The lowest BCUT2D eigenvalue weighted by Crippen LogP contribution is -2.58. The molecule has 1 aromatic heterocycles. The highest BCUT2D eigenvalue weighted by atomic mass is 16.5. The summed E-state index contributed by atoms with van der Waals surface area (Å²) in [5.41, 5.74) is 16.0. The normalized spacial score (nSPS) is 15.2. The first-order valence-electron chi connectivity index (χ1n) is 26.5. The Morgan fingerprint density at radius 3 is 1.83 bits per heavy atom. The molecule has 6 atom stereocenters. The van der Waals surface area contributed by atoms with Crippen LogP contribution in [0.5, 0.6) is 0 Å². The molecule has 14 N–H and O–H groups in total. The molecule has 1 saturated heterocycles. The van der Waals surface area contributed by atoms with Gasteiger partial charge in [0.05, 0.1) is 13.1 Å². The number of nitrogens with two attached hydrogens (primary N) is 2. The van der Waals surface area contributed by atoms with Crippen LogP contribution in [-0.4, -0.2) is 156 Å². The van der Waals surface area contributed by atoms with Crippen LogP contribution in [0.4, 0.5) is 4.79 Å². The van der Waals surface area contributed by atoms with Crippen LogP contribution in [0.3, 0.4) is 0 Å². The molecule has 2 aliphatic rings. The van der Waals surface area contributed by atoms with Gasteiger partial charge in [-0.05, 0) is 65.5 Å². The van der Waals surface area contributed by atoms with Gasteiger partial charge in [-0.2, -0.15) is 0 Å². The number of benzene rings is 3. The average Bonchev–Trinajstić information content (AvgIpc) is 4.36. The molecule has 0 radical (unpaired) electrons. The lowest BCUT2D eigenvalue weighted by molar-refractivity contribution is -0.139. The summed E-state index contributed by atoms with van der Waals surface area (Å²) < 4.78 is 5.56. The first kappa shape index (κ1) is 60.9. The lowest BCUT2D eigenvalue weighted by atomic mass is 9.97. The minimum atomic E-state index is -1.41. The number of ether oxygens (including phenoxy) is 1. The summed E-state index contributed by atoms with van der Waals surface area (Å²) in [6.45, 7) is 0.875. The maximum Gasteiger partial charge on any atom is 0.407 e. The number of aromatic nitrogens is 1. The third-order valence-corrected chi connectivity index (χ3v) is 14.1. The van der Waals surface area contributed by atoms with Crippen LogP contribution in [-0.2, 0) is 63.9 Å². The minimum Gasteiger partial charge on any atom is -0.480 e. The predicted molar refractivity (Wildman–Crippen MR) is 291 cm³/mol. The van der Waals surface area contributed by atoms with Crippen molar-refractivity contribution < 1.29 is 67.4 Å². The predicted octanol–water partition coefficient (Wildman–Crippen LogP) is -0.810. The van der Waals surface area contributed by atoms with Crippen molar-refractivity contribution in [2.24, 2.45) is 17.4 Å². The SMILES string of the molecule is CC[C@H](C)[C@H](NC(=O)CNC(=O)[C@H](CCC(N)=O)NC(=O)[C@@H]1CCCN1C(=O)CNC(=O)OCC1c2ccccc2-c2ccccc21)C(=O)N[C@@H](Cc1c[nH]c2ccccc12)C(=O)NCC(=O)N[C@@H](CCC(N)=O)C(=O)NCC(=O)O. The molecule has 0 bridgehead atoms. The number of carbonyl (C=O) groups excluding carboxylic acids is 11. The van der Waals surface area contributed by atoms with Gasteiger partial charge < -0.3 is 73.7 Å². The molecule has 3 aromatic carbocycles. The number of H-pyrrole nitrogens is 1. The van der Waals surface area contributed by atoms with Gasteiger partial charge in [0.2, 0.25) is 59.1 Å². The zero-order valence-electron chi connectivity index (χ0n) is 44.8. The molecule has 2 heterocycles. The van der Waals surface area contributed by atoms with Crippen molar-refractivity contribution in [3.63, 3.8) is 0 Å². The topological polar surface area (TPSA) is 402 Å². The van der Waals surface area contributed by atoms with Gasteiger partial charge in [0.1, 0.15) is 49.9 Å². The van der Waals surface area contributed by atoms with Crippen LogP contribution in [0, 0.1) is 5.92 Å². The maximum atomic E-state index is 14.2. The molecule has 432 valence electrons. The number of rotatable bonds is 29. The molecular weight excluding hydrogens is 1050 g/mol. The lowest BCUT2D eigenvalue weighted by Gasteiger charge is -2.27. The molecule has 0 unspecified atom stereocenters. The number of amides is 11. The number of aliphatic carboxylic acids is 1. The van der Waals surface area contributed by atoms with Crippen LogP contribution >= 0.6 is 0 Å². The van der Waals surface area contributed by atoms with E-state index in [2.05, 4.69) is 47.5 Å². The Morgan fingerprint density at radius 2 is 1.22 bits per heavy atom. The fourth-order valence-corrected chi connectivity index (χ4v) is 9.65. The molecule has 0 spiro atoms. The molecule has 26 nitrogen and oxygen atoms in total. The number of likely N-dealkylation sites (tertiary alicyclic amines) is 1. The Bertz CT molecular complexity index is 2970. The zero-order valence-corrected chi connectivity index (χ0v) is 44.8. The Kier molecular flexibility index (Phi) is 21.8. The Labute approximate surface area is 465 Å². The molecule has 1 aliphatic carbocycles. The quantitative estimate of drug-likeness (QED) is 0.0317. The van der Waals surface area contributed by atoms with Crippen molar-refractivity contribution in [2.45, 2.75) is 101 Å². The van der Waals surface area contributed by atoms with Crippen molar-refractivity contribution in [1.29, 1.82) is 0 Å². The van der Waals surface area contributed by atoms with Gasteiger partial charge in [-0.15, -0.1) is 0 Å².